The van der Waals surface area contributed by atoms with E-state index in [1.807, 2.05) is 12.1 Å². The first-order valence-corrected chi connectivity index (χ1v) is 15.4. The van der Waals surface area contributed by atoms with Crippen molar-refractivity contribution in [1.29, 1.82) is 0 Å². The van der Waals surface area contributed by atoms with Crippen LogP contribution in [0.25, 0.3) is 0 Å². The minimum absolute atomic E-state index is 0.0130. The highest BCUT2D eigenvalue weighted by molar-refractivity contribution is 6.17. The van der Waals surface area contributed by atoms with Crippen molar-refractivity contribution in [1.82, 2.24) is 9.96 Å². The van der Waals surface area contributed by atoms with E-state index in [1.165, 1.54) is 19.2 Å². The number of rotatable bonds is 15. The summed E-state index contributed by atoms with van der Waals surface area (Å²) in [7, 11) is 1.49. The van der Waals surface area contributed by atoms with Crippen LogP contribution >= 0.6 is 11.6 Å². The molecule has 2 aliphatic rings. The average Bonchev–Trinajstić information content (AvgIpc) is 3.29. The third-order valence-corrected chi connectivity index (χ3v) is 8.07. The van der Waals surface area contributed by atoms with Gasteiger partial charge in [-0.2, -0.15) is 0 Å². The van der Waals surface area contributed by atoms with Gasteiger partial charge in [-0.15, -0.1) is 16.2 Å². The fourth-order valence-corrected chi connectivity index (χ4v) is 5.81. The molecule has 0 fully saturated rings. The van der Waals surface area contributed by atoms with Crippen LogP contribution in [0.3, 0.4) is 0 Å². The van der Waals surface area contributed by atoms with Gasteiger partial charge in [0.05, 0.1) is 25.4 Å². The van der Waals surface area contributed by atoms with Crippen LogP contribution in [0, 0.1) is 0 Å². The first-order chi connectivity index (χ1) is 21.3. The molecule has 0 saturated heterocycles. The summed E-state index contributed by atoms with van der Waals surface area (Å²) in [6.07, 6.45) is 4.24. The summed E-state index contributed by atoms with van der Waals surface area (Å²) >= 11 is 5.67. The van der Waals surface area contributed by atoms with Crippen molar-refractivity contribution in [2.75, 3.05) is 52.4 Å². The van der Waals surface area contributed by atoms with Gasteiger partial charge in [0.1, 0.15) is 24.3 Å². The molecule has 3 N–H and O–H groups in total. The second-order valence-electron chi connectivity index (χ2n) is 11.1. The lowest BCUT2D eigenvalue weighted by Crippen LogP contribution is -2.49. The van der Waals surface area contributed by atoms with Crippen molar-refractivity contribution in [3.8, 4) is 17.2 Å². The maximum absolute atomic E-state index is 13.0. The average molecular weight is 626 g/mol. The molecule has 10 nitrogen and oxygen atoms in total. The number of halogens is 1. The summed E-state index contributed by atoms with van der Waals surface area (Å²) in [6.45, 7) is 1.97. The number of aromatic hydroxyl groups is 1. The highest BCUT2D eigenvalue weighted by Gasteiger charge is 2.53. The van der Waals surface area contributed by atoms with Gasteiger partial charge in [-0.3, -0.25) is 4.79 Å². The SMILES string of the molecule is C[N+](O)(CC(=O)NCCOCCOCCCCCCCl)c1ccc2c(c1)Oc1cc(O)ccc1C21OC(=O)c2ccccc21. The number of unbranched alkanes of at least 4 members (excludes halogenated alkanes) is 3. The predicted molar refractivity (Wildman–Crippen MR) is 165 cm³/mol. The summed E-state index contributed by atoms with van der Waals surface area (Å²) in [5, 5.41) is 24.2. The Balaban J connectivity index is 1.20. The number of amides is 1. The third kappa shape index (κ3) is 6.69. The van der Waals surface area contributed by atoms with E-state index in [1.54, 1.807) is 36.4 Å². The number of hydroxylamine groups is 2. The standard InChI is InChI=1S/C33H37ClN2O8/c1-36(40,22-31(38)35-15-17-42-19-18-41-16-7-3-2-6-14-34)23-10-12-27-29(20-23)43-30-21-24(37)11-13-28(30)33(27)26-9-5-4-8-25(26)32(39)44-33/h4-5,8-13,20-21,40H,2-3,6-7,14-19,22H2,1H3,(H-,35,37,38)/p+1. The van der Waals surface area contributed by atoms with Gasteiger partial charge in [-0.05, 0) is 37.1 Å². The van der Waals surface area contributed by atoms with Gasteiger partial charge >= 0.3 is 5.97 Å². The Kier molecular flexibility index (Phi) is 10.1. The molecule has 2 aliphatic heterocycles. The fraction of sp³-hybridized carbons (Fsp3) is 0.394. The molecule has 2 atom stereocenters. The minimum atomic E-state index is -1.30. The number of fused-ring (bicyclic) bond motifs is 6. The molecule has 3 aromatic rings. The van der Waals surface area contributed by atoms with Gasteiger partial charge in [0, 0.05) is 53.9 Å². The highest BCUT2D eigenvalue weighted by atomic mass is 35.5. The van der Waals surface area contributed by atoms with Crippen LogP contribution < -0.4 is 14.7 Å². The van der Waals surface area contributed by atoms with Crippen LogP contribution in [0.15, 0.2) is 60.7 Å². The van der Waals surface area contributed by atoms with Gasteiger partial charge in [-0.1, -0.05) is 31.0 Å². The number of esters is 1. The minimum Gasteiger partial charge on any atom is -0.508 e. The number of ether oxygens (including phenoxy) is 4. The smallest absolute Gasteiger partial charge is 0.340 e. The van der Waals surface area contributed by atoms with Crippen molar-refractivity contribution in [3.05, 3.63) is 82.9 Å². The maximum Gasteiger partial charge on any atom is 0.340 e. The number of quaternary nitrogens is 1. The molecular weight excluding hydrogens is 588 g/mol. The lowest BCUT2D eigenvalue weighted by molar-refractivity contribution is -0.131. The van der Waals surface area contributed by atoms with E-state index in [0.29, 0.717) is 71.7 Å². The quantitative estimate of drug-likeness (QED) is 0.0689. The Labute approximate surface area is 261 Å². The molecule has 234 valence electrons. The number of carbonyl (C=O) groups excluding carboxylic acids is 2. The molecule has 11 heteroatoms. The Bertz CT molecular complexity index is 1500. The molecule has 1 amide bonds. The number of hydrogen-bond acceptors (Lipinski definition) is 8. The Morgan fingerprint density at radius 1 is 0.909 bits per heavy atom. The molecule has 0 radical (unpaired) electrons. The zero-order valence-corrected chi connectivity index (χ0v) is 25.5. The Morgan fingerprint density at radius 2 is 1.61 bits per heavy atom. The topological polar surface area (TPSA) is 124 Å². The van der Waals surface area contributed by atoms with E-state index in [-0.39, 0.29) is 24.7 Å². The predicted octanol–water partition coefficient (Wildman–Crippen LogP) is 5.24. The van der Waals surface area contributed by atoms with E-state index >= 15 is 0 Å². The van der Waals surface area contributed by atoms with E-state index in [9.17, 15) is 19.9 Å². The number of hydrogen-bond donors (Lipinski definition) is 3. The van der Waals surface area contributed by atoms with Gasteiger partial charge in [-0.25, -0.2) is 10.0 Å². The molecule has 0 aromatic heterocycles. The van der Waals surface area contributed by atoms with Gasteiger partial charge in [0.25, 0.3) is 5.91 Å². The number of benzene rings is 3. The zero-order chi connectivity index (χ0) is 31.2. The van der Waals surface area contributed by atoms with E-state index in [0.717, 1.165) is 25.7 Å². The van der Waals surface area contributed by atoms with Crippen LogP contribution in [0.5, 0.6) is 17.2 Å². The molecule has 44 heavy (non-hydrogen) atoms. The van der Waals surface area contributed by atoms with Crippen LogP contribution in [0.4, 0.5) is 5.69 Å². The number of phenolic OH excluding ortho intramolecular Hbond substituents is 1. The van der Waals surface area contributed by atoms with E-state index in [4.69, 9.17) is 30.5 Å². The number of phenols is 1. The molecule has 2 unspecified atom stereocenters. The number of nitrogens with one attached hydrogen (secondary N) is 1. The van der Waals surface area contributed by atoms with Crippen molar-refractivity contribution < 1.29 is 38.9 Å². The summed E-state index contributed by atoms with van der Waals surface area (Å²) in [5.74, 6) is 0.494. The first kappa shape index (κ1) is 31.7. The number of nitrogens with zero attached hydrogens (tertiary/aromatic N) is 1. The van der Waals surface area contributed by atoms with Crippen molar-refractivity contribution in [2.45, 2.75) is 31.3 Å². The van der Waals surface area contributed by atoms with Crippen molar-refractivity contribution >= 4 is 29.2 Å². The summed E-state index contributed by atoms with van der Waals surface area (Å²) in [5.41, 5.74) is 1.31. The number of alkyl halides is 1. The molecule has 5 rings (SSSR count). The second-order valence-corrected chi connectivity index (χ2v) is 11.4. The monoisotopic (exact) mass is 625 g/mol. The number of likely N-dealkylation sites (N-methyl/N-ethyl adjacent to an activating group) is 1. The van der Waals surface area contributed by atoms with Gasteiger partial charge in [0.15, 0.2) is 17.8 Å². The normalized spacial score (nSPS) is 17.7. The van der Waals surface area contributed by atoms with Crippen molar-refractivity contribution in [3.63, 3.8) is 0 Å². The summed E-state index contributed by atoms with van der Waals surface area (Å²) < 4.78 is 22.6. The van der Waals surface area contributed by atoms with E-state index < -0.39 is 16.2 Å². The van der Waals surface area contributed by atoms with Crippen LogP contribution in [-0.2, 0) is 24.6 Å². The molecule has 0 aliphatic carbocycles. The summed E-state index contributed by atoms with van der Waals surface area (Å²) in [4.78, 5) is 25.7. The molecule has 2 heterocycles. The third-order valence-electron chi connectivity index (χ3n) is 7.80. The molecule has 0 bridgehead atoms. The first-order valence-electron chi connectivity index (χ1n) is 14.8. The number of carbonyl (C=O) groups is 2. The van der Waals surface area contributed by atoms with Crippen molar-refractivity contribution in [2.24, 2.45) is 0 Å². The molecule has 3 aromatic carbocycles. The summed E-state index contributed by atoms with van der Waals surface area (Å²) in [6, 6.07) is 16.8. The van der Waals surface area contributed by atoms with Crippen LogP contribution in [-0.4, -0.2) is 74.6 Å². The zero-order valence-electron chi connectivity index (χ0n) is 24.7. The fourth-order valence-electron chi connectivity index (χ4n) is 5.62. The molecule has 1 spiro atoms. The lowest BCUT2D eigenvalue weighted by Gasteiger charge is -2.37. The highest BCUT2D eigenvalue weighted by Crippen LogP contribution is 2.57. The van der Waals surface area contributed by atoms with Crippen LogP contribution in [0.1, 0.15) is 52.7 Å². The largest absolute Gasteiger partial charge is 0.508 e. The maximum atomic E-state index is 13.0. The van der Waals surface area contributed by atoms with Crippen LogP contribution in [0.2, 0.25) is 0 Å². The van der Waals surface area contributed by atoms with E-state index in [2.05, 4.69) is 5.32 Å². The molecule has 0 saturated carbocycles. The molecular formula is C33H38ClN2O8+. The lowest BCUT2D eigenvalue weighted by atomic mass is 9.77. The van der Waals surface area contributed by atoms with Gasteiger partial charge in [0.2, 0.25) is 0 Å². The Morgan fingerprint density at radius 3 is 2.41 bits per heavy atom. The Hall–Kier alpha value is -3.67. The van der Waals surface area contributed by atoms with Gasteiger partial charge < -0.3 is 29.4 Å². The second kappa shape index (κ2) is 14.0.